The maximum atomic E-state index is 12.6. The Balaban J connectivity index is 1.99. The van der Waals surface area contributed by atoms with Crippen LogP contribution in [0.15, 0.2) is 33.9 Å². The number of benzene rings is 1. The maximum absolute atomic E-state index is 12.6. The molecule has 0 radical (unpaired) electrons. The van der Waals surface area contributed by atoms with Gasteiger partial charge in [0.15, 0.2) is 11.5 Å². The molecule has 1 N–H and O–H groups in total. The zero-order valence-electron chi connectivity index (χ0n) is 16.3. The van der Waals surface area contributed by atoms with Crippen molar-refractivity contribution in [2.75, 3.05) is 18.6 Å². The van der Waals surface area contributed by atoms with Crippen molar-refractivity contribution in [1.29, 1.82) is 0 Å². The Kier molecular flexibility index (Phi) is 5.76. The van der Waals surface area contributed by atoms with Gasteiger partial charge in [0.2, 0.25) is 12.5 Å². The van der Waals surface area contributed by atoms with Crippen LogP contribution in [0.4, 0.5) is 5.69 Å². The molecule has 1 aliphatic rings. The van der Waals surface area contributed by atoms with Crippen LogP contribution in [-0.4, -0.2) is 33.9 Å². The summed E-state index contributed by atoms with van der Waals surface area (Å²) in [6.45, 7) is 5.20. The zero-order chi connectivity index (χ0) is 21.2. The lowest BCUT2D eigenvalue weighted by Gasteiger charge is -2.18. The SMILES string of the molecule is COc1c(/C=C/C(=O)OC(C)(C)C)cc(NS(=O)(=O)c2cccs2)c2c1OCO2. The highest BCUT2D eigenvalue weighted by atomic mass is 32.2. The summed E-state index contributed by atoms with van der Waals surface area (Å²) in [4.78, 5) is 12.0. The predicted molar refractivity (Wildman–Crippen MR) is 109 cm³/mol. The van der Waals surface area contributed by atoms with E-state index in [2.05, 4.69) is 4.72 Å². The first-order chi connectivity index (χ1) is 13.6. The van der Waals surface area contributed by atoms with Gasteiger partial charge in [-0.05, 0) is 44.4 Å². The van der Waals surface area contributed by atoms with Gasteiger partial charge in [0.1, 0.15) is 9.81 Å². The quantitative estimate of drug-likeness (QED) is 0.542. The molecule has 8 nitrogen and oxygen atoms in total. The molecular formula is C19H21NO7S2. The van der Waals surface area contributed by atoms with Crippen molar-refractivity contribution in [3.05, 3.63) is 35.2 Å². The lowest BCUT2D eigenvalue weighted by molar-refractivity contribution is -0.148. The number of thiophene rings is 1. The predicted octanol–water partition coefficient (Wildman–Crippen LogP) is 3.64. The molecule has 10 heteroatoms. The van der Waals surface area contributed by atoms with Gasteiger partial charge in [0.05, 0.1) is 12.8 Å². The molecule has 1 aromatic carbocycles. The maximum Gasteiger partial charge on any atom is 0.331 e. The van der Waals surface area contributed by atoms with E-state index in [9.17, 15) is 13.2 Å². The summed E-state index contributed by atoms with van der Waals surface area (Å²) in [5.41, 5.74) is -0.0379. The van der Waals surface area contributed by atoms with Crippen molar-refractivity contribution in [2.24, 2.45) is 0 Å². The highest BCUT2D eigenvalue weighted by molar-refractivity contribution is 7.94. The first-order valence-corrected chi connectivity index (χ1v) is 10.9. The van der Waals surface area contributed by atoms with Crippen LogP contribution in [0.3, 0.4) is 0 Å². The van der Waals surface area contributed by atoms with Crippen LogP contribution < -0.4 is 18.9 Å². The van der Waals surface area contributed by atoms with Crippen molar-refractivity contribution in [1.82, 2.24) is 0 Å². The molecule has 0 fully saturated rings. The van der Waals surface area contributed by atoms with Crippen molar-refractivity contribution in [2.45, 2.75) is 30.6 Å². The molecule has 1 aromatic heterocycles. The third-order valence-electron chi connectivity index (χ3n) is 3.64. The highest BCUT2D eigenvalue weighted by Gasteiger charge is 2.28. The number of hydrogen-bond acceptors (Lipinski definition) is 8. The zero-order valence-corrected chi connectivity index (χ0v) is 18.0. The summed E-state index contributed by atoms with van der Waals surface area (Å²) < 4.78 is 49.5. The number of anilines is 1. The van der Waals surface area contributed by atoms with Crippen LogP contribution in [-0.2, 0) is 19.6 Å². The molecule has 0 saturated carbocycles. The minimum absolute atomic E-state index is 0.0847. The van der Waals surface area contributed by atoms with Crippen LogP contribution in [0.1, 0.15) is 26.3 Å². The molecule has 2 heterocycles. The lowest BCUT2D eigenvalue weighted by atomic mass is 10.1. The minimum atomic E-state index is -3.81. The van der Waals surface area contributed by atoms with Crippen LogP contribution in [0.25, 0.3) is 6.08 Å². The number of fused-ring (bicyclic) bond motifs is 1. The Morgan fingerprint density at radius 3 is 2.62 bits per heavy atom. The van der Waals surface area contributed by atoms with Gasteiger partial charge in [-0.15, -0.1) is 11.3 Å². The van der Waals surface area contributed by atoms with Gasteiger partial charge in [-0.25, -0.2) is 13.2 Å². The number of carbonyl (C=O) groups excluding carboxylic acids is 1. The Hall–Kier alpha value is -2.72. The smallest absolute Gasteiger partial charge is 0.331 e. The van der Waals surface area contributed by atoms with Crippen molar-refractivity contribution in [3.63, 3.8) is 0 Å². The average Bonchev–Trinajstić information content (AvgIpc) is 3.30. The fourth-order valence-corrected chi connectivity index (χ4v) is 4.63. The van der Waals surface area contributed by atoms with Crippen LogP contribution >= 0.6 is 11.3 Å². The topological polar surface area (TPSA) is 100 Å². The van der Waals surface area contributed by atoms with Crippen LogP contribution in [0, 0.1) is 0 Å². The van der Waals surface area contributed by atoms with E-state index in [1.54, 1.807) is 32.2 Å². The average molecular weight is 440 g/mol. The van der Waals surface area contributed by atoms with Gasteiger partial charge in [-0.3, -0.25) is 4.72 Å². The first-order valence-electron chi connectivity index (χ1n) is 8.59. The molecule has 0 bridgehead atoms. The molecule has 0 aliphatic carbocycles. The van der Waals surface area contributed by atoms with Gasteiger partial charge in [-0.1, -0.05) is 6.07 Å². The van der Waals surface area contributed by atoms with E-state index < -0.39 is 21.6 Å². The Labute approximate surface area is 173 Å². The number of nitrogens with one attached hydrogen (secondary N) is 1. The van der Waals surface area contributed by atoms with Crippen LogP contribution in [0.2, 0.25) is 0 Å². The summed E-state index contributed by atoms with van der Waals surface area (Å²) in [6, 6.07) is 4.65. The normalized spacial score (nSPS) is 13.5. The number of ether oxygens (including phenoxy) is 4. The number of hydrogen-bond donors (Lipinski definition) is 1. The van der Waals surface area contributed by atoms with Gasteiger partial charge < -0.3 is 18.9 Å². The van der Waals surface area contributed by atoms with E-state index in [4.69, 9.17) is 18.9 Å². The van der Waals surface area contributed by atoms with E-state index in [0.717, 1.165) is 11.3 Å². The number of esters is 1. The third kappa shape index (κ3) is 4.83. The van der Waals surface area contributed by atoms with Crippen molar-refractivity contribution in [3.8, 4) is 17.2 Å². The monoisotopic (exact) mass is 439 g/mol. The second-order valence-corrected chi connectivity index (χ2v) is 9.87. The molecule has 0 spiro atoms. The van der Waals surface area contributed by atoms with E-state index in [1.165, 1.54) is 31.4 Å². The first kappa shape index (κ1) is 21.0. The highest BCUT2D eigenvalue weighted by Crippen LogP contribution is 2.49. The molecular weight excluding hydrogens is 418 g/mol. The molecule has 0 atom stereocenters. The van der Waals surface area contributed by atoms with Gasteiger partial charge >= 0.3 is 5.97 Å². The lowest BCUT2D eigenvalue weighted by Crippen LogP contribution is -2.22. The molecule has 0 unspecified atom stereocenters. The Morgan fingerprint density at radius 2 is 2.00 bits per heavy atom. The van der Waals surface area contributed by atoms with Crippen LogP contribution in [0.5, 0.6) is 17.2 Å². The number of sulfonamides is 1. The standard InChI is InChI=1S/C19H21NO7S2/c1-19(2,3)27-14(21)8-7-12-10-13(17-18(16(12)24-4)26-11-25-17)20-29(22,23)15-6-5-9-28-15/h5-10,20H,11H2,1-4H3/b8-7+. The molecule has 156 valence electrons. The second kappa shape index (κ2) is 7.96. The fourth-order valence-electron chi connectivity index (χ4n) is 2.58. The second-order valence-electron chi connectivity index (χ2n) is 7.02. The number of methoxy groups -OCH3 is 1. The van der Waals surface area contributed by atoms with Crippen molar-refractivity contribution >= 4 is 39.1 Å². The van der Waals surface area contributed by atoms with Crippen molar-refractivity contribution < 1.29 is 32.2 Å². The van der Waals surface area contributed by atoms with Gasteiger partial charge in [0, 0.05) is 11.6 Å². The third-order valence-corrected chi connectivity index (χ3v) is 6.40. The van der Waals surface area contributed by atoms with Gasteiger partial charge in [0.25, 0.3) is 10.0 Å². The number of rotatable bonds is 6. The van der Waals surface area contributed by atoms with E-state index in [0.29, 0.717) is 11.3 Å². The summed E-state index contributed by atoms with van der Waals surface area (Å²) in [6.07, 6.45) is 2.71. The molecule has 0 amide bonds. The minimum Gasteiger partial charge on any atom is -0.492 e. The number of carbonyl (C=O) groups is 1. The summed E-state index contributed by atoms with van der Waals surface area (Å²) >= 11 is 1.09. The van der Waals surface area contributed by atoms with Gasteiger partial charge in [-0.2, -0.15) is 0 Å². The van der Waals surface area contributed by atoms with E-state index >= 15 is 0 Å². The Morgan fingerprint density at radius 1 is 1.28 bits per heavy atom. The van der Waals surface area contributed by atoms with E-state index in [1.807, 2.05) is 0 Å². The largest absolute Gasteiger partial charge is 0.492 e. The molecule has 0 saturated heterocycles. The fraction of sp³-hybridized carbons (Fsp3) is 0.316. The Bertz CT molecular complexity index is 1040. The van der Waals surface area contributed by atoms with E-state index in [-0.39, 0.29) is 28.2 Å². The molecule has 1 aliphatic heterocycles. The molecule has 2 aromatic rings. The molecule has 3 rings (SSSR count). The summed E-state index contributed by atoms with van der Waals surface area (Å²) in [5, 5.41) is 1.67. The summed E-state index contributed by atoms with van der Waals surface area (Å²) in [5.74, 6) is 0.244. The molecule has 29 heavy (non-hydrogen) atoms. The summed E-state index contributed by atoms with van der Waals surface area (Å²) in [7, 11) is -2.36.